The number of rotatable bonds is 7. The highest BCUT2D eigenvalue weighted by Gasteiger charge is 2.27. The number of hydrogen-bond acceptors (Lipinski definition) is 4. The van der Waals surface area contributed by atoms with Crippen molar-refractivity contribution in [2.75, 3.05) is 13.1 Å². The Hall–Kier alpha value is -4.75. The number of aldehydes is 1. The second-order valence-electron chi connectivity index (χ2n) is 10.9. The predicted octanol–water partition coefficient (Wildman–Crippen LogP) is 6.41. The maximum atomic E-state index is 12.9. The first-order valence-electron chi connectivity index (χ1n) is 14.1. The molecule has 41 heavy (non-hydrogen) atoms. The van der Waals surface area contributed by atoms with Gasteiger partial charge in [0.25, 0.3) is 0 Å². The van der Waals surface area contributed by atoms with Gasteiger partial charge >= 0.3 is 0 Å². The number of Topliss-reactive ketones (excluding diaryl/α,β-unsaturated/α-hetero) is 1. The number of carbonyl (C=O) groups is 2. The first kappa shape index (κ1) is 25.2. The normalized spacial score (nSPS) is 14.7. The molecule has 0 atom stereocenters. The number of likely N-dealkylation sites (tertiary alicyclic amines) is 1. The third kappa shape index (κ3) is 4.39. The summed E-state index contributed by atoms with van der Waals surface area (Å²) in [6.07, 6.45) is 10.5. The smallest absolute Gasteiger partial charge is 0.242 e. The Balaban J connectivity index is 1.31. The van der Waals surface area contributed by atoms with Crippen molar-refractivity contribution >= 4 is 33.9 Å². The molecule has 7 nitrogen and oxygen atoms in total. The lowest BCUT2D eigenvalue weighted by Gasteiger charge is -2.33. The number of nitrogens with one attached hydrogen (secondary N) is 1. The van der Waals surface area contributed by atoms with Crippen LogP contribution in [0.5, 0.6) is 0 Å². The molecule has 4 aromatic heterocycles. The van der Waals surface area contributed by atoms with E-state index in [1.165, 1.54) is 0 Å². The maximum absolute atomic E-state index is 12.9. The Labute approximate surface area is 238 Å². The van der Waals surface area contributed by atoms with Crippen LogP contribution in [-0.2, 0) is 18.4 Å². The molecular formula is C34H31N5O2. The van der Waals surface area contributed by atoms with Gasteiger partial charge in [0.05, 0.1) is 11.4 Å². The Morgan fingerprint density at radius 2 is 1.61 bits per heavy atom. The van der Waals surface area contributed by atoms with Crippen LogP contribution in [0.4, 0.5) is 0 Å². The van der Waals surface area contributed by atoms with Gasteiger partial charge in [0, 0.05) is 102 Å². The van der Waals surface area contributed by atoms with Crippen molar-refractivity contribution in [1.82, 2.24) is 24.0 Å². The van der Waals surface area contributed by atoms with Crippen LogP contribution in [-0.4, -0.2) is 49.2 Å². The molecule has 0 saturated carbocycles. The van der Waals surface area contributed by atoms with E-state index in [0.29, 0.717) is 18.0 Å². The van der Waals surface area contributed by atoms with Gasteiger partial charge in [-0.05, 0) is 37.1 Å². The molecule has 1 aliphatic heterocycles. The number of para-hydroxylation sites is 2. The lowest BCUT2D eigenvalue weighted by molar-refractivity contribution is -0.104. The van der Waals surface area contributed by atoms with Crippen molar-refractivity contribution in [3.8, 4) is 22.3 Å². The number of benzene rings is 2. The quantitative estimate of drug-likeness (QED) is 0.144. The van der Waals surface area contributed by atoms with Crippen LogP contribution in [0.25, 0.3) is 44.1 Å². The average Bonchev–Trinajstić information content (AvgIpc) is 3.71. The van der Waals surface area contributed by atoms with E-state index in [0.717, 1.165) is 82.2 Å². The van der Waals surface area contributed by atoms with E-state index >= 15 is 0 Å². The van der Waals surface area contributed by atoms with Gasteiger partial charge in [-0.2, -0.15) is 0 Å². The summed E-state index contributed by atoms with van der Waals surface area (Å²) in [5.74, 6) is -0.550. The summed E-state index contributed by atoms with van der Waals surface area (Å²) in [5.41, 5.74) is 7.36. The van der Waals surface area contributed by atoms with Crippen molar-refractivity contribution in [2.24, 2.45) is 7.05 Å². The lowest BCUT2D eigenvalue weighted by Crippen LogP contribution is -2.34. The van der Waals surface area contributed by atoms with Gasteiger partial charge in [0.1, 0.15) is 0 Å². The fourth-order valence-electron chi connectivity index (χ4n) is 6.51. The Morgan fingerprint density at radius 3 is 2.34 bits per heavy atom. The third-order valence-corrected chi connectivity index (χ3v) is 8.49. The van der Waals surface area contributed by atoms with E-state index in [2.05, 4.69) is 72.8 Å². The fraction of sp³-hybridized carbons (Fsp3) is 0.206. The number of carbonyl (C=O) groups excluding carboxylic acids is 2. The van der Waals surface area contributed by atoms with Crippen molar-refractivity contribution in [3.05, 3.63) is 103 Å². The molecule has 5 heterocycles. The first-order chi connectivity index (χ1) is 20.1. The molecule has 204 valence electrons. The molecular weight excluding hydrogens is 510 g/mol. The van der Waals surface area contributed by atoms with Gasteiger partial charge in [-0.25, -0.2) is 0 Å². The molecule has 0 bridgehead atoms. The molecule has 1 N–H and O–H groups in total. The van der Waals surface area contributed by atoms with E-state index < -0.39 is 5.78 Å². The molecule has 2 aromatic carbocycles. The van der Waals surface area contributed by atoms with Crippen LogP contribution in [0.3, 0.4) is 0 Å². The van der Waals surface area contributed by atoms with Crippen molar-refractivity contribution in [1.29, 1.82) is 0 Å². The Morgan fingerprint density at radius 1 is 0.902 bits per heavy atom. The second-order valence-corrected chi connectivity index (χ2v) is 10.9. The zero-order valence-corrected chi connectivity index (χ0v) is 23.0. The summed E-state index contributed by atoms with van der Waals surface area (Å²) in [7, 11) is 2.03. The molecule has 0 spiro atoms. The molecule has 1 aliphatic rings. The molecule has 0 radical (unpaired) electrons. The minimum absolute atomic E-state index is 0.330. The summed E-state index contributed by atoms with van der Waals surface area (Å²) in [4.78, 5) is 34.8. The minimum Gasteiger partial charge on any atom is -0.357 e. The summed E-state index contributed by atoms with van der Waals surface area (Å²) in [6, 6.07) is 23.0. The minimum atomic E-state index is -0.550. The van der Waals surface area contributed by atoms with E-state index in [1.807, 2.05) is 49.8 Å². The highest BCUT2D eigenvalue weighted by Crippen LogP contribution is 2.43. The van der Waals surface area contributed by atoms with E-state index in [4.69, 9.17) is 0 Å². The standard InChI is InChI=1S/C34H31N5O2/c1-37-20-28(25-9-2-4-11-30(25)37)27-18-36-34(32(41)22-40)33(27)29-21-39(31-12-5-3-10-26(29)31)24-13-16-38(17-14-24)19-23-8-6-7-15-35-23/h2-12,15,18,20-22,24,36H,13-14,16-17,19H2,1H3. The Kier molecular flexibility index (Phi) is 6.36. The molecule has 6 aromatic rings. The van der Waals surface area contributed by atoms with Gasteiger partial charge in [0.15, 0.2) is 6.29 Å². The second kappa shape index (κ2) is 10.3. The van der Waals surface area contributed by atoms with Gasteiger partial charge in [-0.1, -0.05) is 42.5 Å². The monoisotopic (exact) mass is 541 g/mol. The van der Waals surface area contributed by atoms with Gasteiger partial charge in [-0.15, -0.1) is 0 Å². The molecule has 1 fully saturated rings. The zero-order chi connectivity index (χ0) is 27.9. The first-order valence-corrected chi connectivity index (χ1v) is 14.1. The molecule has 0 unspecified atom stereocenters. The molecule has 7 heteroatoms. The number of piperidine rings is 1. The van der Waals surface area contributed by atoms with Crippen LogP contribution < -0.4 is 0 Å². The van der Waals surface area contributed by atoms with E-state index in [9.17, 15) is 9.59 Å². The summed E-state index contributed by atoms with van der Waals surface area (Å²) < 4.78 is 4.49. The molecule has 0 amide bonds. The van der Waals surface area contributed by atoms with E-state index in [-0.39, 0.29) is 0 Å². The summed E-state index contributed by atoms with van der Waals surface area (Å²) in [5, 5.41) is 2.17. The predicted molar refractivity (Wildman–Crippen MR) is 162 cm³/mol. The van der Waals surface area contributed by atoms with Gasteiger partial charge < -0.3 is 14.1 Å². The number of aromatic amines is 1. The van der Waals surface area contributed by atoms with Crippen molar-refractivity contribution in [2.45, 2.75) is 25.4 Å². The van der Waals surface area contributed by atoms with Crippen LogP contribution in [0.1, 0.15) is 35.1 Å². The third-order valence-electron chi connectivity index (χ3n) is 8.49. The number of nitrogens with zero attached hydrogens (tertiary/aromatic N) is 4. The van der Waals surface area contributed by atoms with Crippen LogP contribution in [0.15, 0.2) is 91.5 Å². The topological polar surface area (TPSA) is 75.9 Å². The van der Waals surface area contributed by atoms with Crippen LogP contribution >= 0.6 is 0 Å². The number of fused-ring (bicyclic) bond motifs is 2. The summed E-state index contributed by atoms with van der Waals surface area (Å²) in [6.45, 7) is 2.84. The zero-order valence-electron chi connectivity index (χ0n) is 23.0. The molecule has 1 saturated heterocycles. The van der Waals surface area contributed by atoms with Crippen molar-refractivity contribution < 1.29 is 9.59 Å². The van der Waals surface area contributed by atoms with Gasteiger partial charge in [0.2, 0.25) is 5.78 Å². The van der Waals surface area contributed by atoms with Crippen LogP contribution in [0.2, 0.25) is 0 Å². The highest BCUT2D eigenvalue weighted by atomic mass is 16.2. The molecule has 0 aliphatic carbocycles. The van der Waals surface area contributed by atoms with Crippen molar-refractivity contribution in [3.63, 3.8) is 0 Å². The van der Waals surface area contributed by atoms with Crippen LogP contribution in [0, 0.1) is 0 Å². The van der Waals surface area contributed by atoms with Gasteiger partial charge in [-0.3, -0.25) is 19.5 Å². The number of aryl methyl sites for hydroxylation is 1. The number of pyridine rings is 1. The number of hydrogen-bond donors (Lipinski definition) is 1. The number of ketones is 1. The number of aromatic nitrogens is 4. The fourth-order valence-corrected chi connectivity index (χ4v) is 6.51. The lowest BCUT2D eigenvalue weighted by atomic mass is 9.95. The van der Waals surface area contributed by atoms with E-state index in [1.54, 1.807) is 0 Å². The number of H-pyrrole nitrogens is 1. The molecule has 7 rings (SSSR count). The average molecular weight is 542 g/mol. The Bertz CT molecular complexity index is 1890. The highest BCUT2D eigenvalue weighted by molar-refractivity contribution is 6.35. The largest absolute Gasteiger partial charge is 0.357 e. The maximum Gasteiger partial charge on any atom is 0.242 e. The summed E-state index contributed by atoms with van der Waals surface area (Å²) >= 11 is 0. The SMILES string of the molecule is Cn1cc(-c2c[nH]c(C(=O)C=O)c2-c2cn(C3CCN(Cc4ccccn4)CC3)c3ccccc23)c2ccccc21.